The average molecular weight is 217 g/mol. The number of nitrogens with zero attached hydrogens (tertiary/aromatic N) is 1. The molecule has 1 heterocycles. The lowest BCUT2D eigenvalue weighted by Crippen LogP contribution is -2.50. The number of carbonyl (C=O) groups excluding carboxylic acids is 1. The van der Waals surface area contributed by atoms with Gasteiger partial charge in [0.05, 0.1) is 18.8 Å². The third-order valence-electron chi connectivity index (χ3n) is 2.20. The highest BCUT2D eigenvalue weighted by atomic mass is 16.6. The molecule has 0 saturated carbocycles. The molecule has 1 aliphatic heterocycles. The third kappa shape index (κ3) is 3.68. The van der Waals surface area contributed by atoms with Gasteiger partial charge in [-0.3, -0.25) is 0 Å². The van der Waals surface area contributed by atoms with Crippen molar-refractivity contribution in [3.8, 4) is 0 Å². The van der Waals surface area contributed by atoms with Crippen LogP contribution in [0, 0.1) is 0 Å². The first-order valence-corrected chi connectivity index (χ1v) is 5.13. The quantitative estimate of drug-likeness (QED) is 0.614. The van der Waals surface area contributed by atoms with Crippen molar-refractivity contribution in [1.82, 2.24) is 4.90 Å². The largest absolute Gasteiger partial charge is 0.444 e. The minimum atomic E-state index is -0.869. The van der Waals surface area contributed by atoms with E-state index in [1.54, 1.807) is 20.8 Å². The zero-order chi connectivity index (χ0) is 11.6. The molecule has 5 heteroatoms. The molecule has 15 heavy (non-hydrogen) atoms. The molecule has 1 amide bonds. The first kappa shape index (κ1) is 12.3. The number of likely N-dealkylation sites (tertiary alicyclic amines) is 1. The third-order valence-corrected chi connectivity index (χ3v) is 2.20. The molecular formula is C10H19NO4. The van der Waals surface area contributed by atoms with Gasteiger partial charge in [0.25, 0.3) is 0 Å². The van der Waals surface area contributed by atoms with Crippen molar-refractivity contribution in [2.45, 2.75) is 45.0 Å². The van der Waals surface area contributed by atoms with Crippen molar-refractivity contribution in [3.63, 3.8) is 0 Å². The topological polar surface area (TPSA) is 70.0 Å². The van der Waals surface area contributed by atoms with Gasteiger partial charge in [0.15, 0.2) is 0 Å². The Hall–Kier alpha value is -0.810. The second kappa shape index (κ2) is 4.37. The number of aliphatic hydroxyl groups excluding tert-OH is 2. The fourth-order valence-corrected chi connectivity index (χ4v) is 1.41. The summed E-state index contributed by atoms with van der Waals surface area (Å²) >= 11 is 0. The Kier molecular flexibility index (Phi) is 3.57. The summed E-state index contributed by atoms with van der Waals surface area (Å²) < 4.78 is 5.15. The van der Waals surface area contributed by atoms with Gasteiger partial charge in [-0.1, -0.05) is 0 Å². The minimum Gasteiger partial charge on any atom is -0.444 e. The number of amides is 1. The van der Waals surface area contributed by atoms with E-state index < -0.39 is 23.9 Å². The van der Waals surface area contributed by atoms with Crippen LogP contribution >= 0.6 is 0 Å². The molecule has 0 aromatic carbocycles. The molecule has 2 N–H and O–H groups in total. The monoisotopic (exact) mass is 217 g/mol. The van der Waals surface area contributed by atoms with E-state index in [9.17, 15) is 15.0 Å². The maximum absolute atomic E-state index is 11.6. The molecule has 0 spiro atoms. The van der Waals surface area contributed by atoms with Gasteiger partial charge in [0.2, 0.25) is 0 Å². The summed E-state index contributed by atoms with van der Waals surface area (Å²) in [6.07, 6.45) is -1.65. The van der Waals surface area contributed by atoms with E-state index in [1.165, 1.54) is 4.90 Å². The molecule has 0 radical (unpaired) electrons. The van der Waals surface area contributed by atoms with Gasteiger partial charge in [0, 0.05) is 6.54 Å². The van der Waals surface area contributed by atoms with E-state index in [-0.39, 0.29) is 6.54 Å². The molecule has 0 unspecified atom stereocenters. The van der Waals surface area contributed by atoms with Crippen LogP contribution in [0.1, 0.15) is 27.2 Å². The molecule has 88 valence electrons. The number of hydrogen-bond acceptors (Lipinski definition) is 4. The Bertz CT molecular complexity index is 236. The van der Waals surface area contributed by atoms with Crippen LogP contribution in [-0.2, 0) is 4.74 Å². The highest BCUT2D eigenvalue weighted by Gasteiger charge is 2.31. The first-order valence-electron chi connectivity index (χ1n) is 5.13. The molecule has 5 nitrogen and oxygen atoms in total. The molecule has 0 bridgehead atoms. The van der Waals surface area contributed by atoms with Crippen LogP contribution in [0.25, 0.3) is 0 Å². The van der Waals surface area contributed by atoms with Gasteiger partial charge >= 0.3 is 6.09 Å². The number of β-amino-alcohol motifs (C(OH)–C–C–N with tert-alkyl or cyclic N) is 1. The van der Waals surface area contributed by atoms with Crippen LogP contribution in [0.4, 0.5) is 4.79 Å². The van der Waals surface area contributed by atoms with E-state index in [4.69, 9.17) is 4.74 Å². The fourth-order valence-electron chi connectivity index (χ4n) is 1.41. The molecule has 1 saturated heterocycles. The van der Waals surface area contributed by atoms with Gasteiger partial charge < -0.3 is 19.8 Å². The van der Waals surface area contributed by atoms with E-state index in [0.29, 0.717) is 13.0 Å². The second-order valence-electron chi connectivity index (χ2n) is 4.85. The number of rotatable bonds is 0. The average Bonchev–Trinajstić information content (AvgIpc) is 2.06. The van der Waals surface area contributed by atoms with Crippen molar-refractivity contribution < 1.29 is 19.7 Å². The van der Waals surface area contributed by atoms with Crippen LogP contribution in [0.15, 0.2) is 0 Å². The molecule has 1 fully saturated rings. The highest BCUT2D eigenvalue weighted by Crippen LogP contribution is 2.15. The number of aliphatic hydroxyl groups is 2. The summed E-state index contributed by atoms with van der Waals surface area (Å²) in [5.41, 5.74) is -0.530. The number of ether oxygens (including phenoxy) is 1. The van der Waals surface area contributed by atoms with Crippen LogP contribution in [0.2, 0.25) is 0 Å². The Morgan fingerprint density at radius 3 is 2.40 bits per heavy atom. The summed E-state index contributed by atoms with van der Waals surface area (Å²) in [5.74, 6) is 0. The summed E-state index contributed by atoms with van der Waals surface area (Å²) in [7, 11) is 0. The lowest BCUT2D eigenvalue weighted by Gasteiger charge is -2.34. The molecule has 1 rings (SSSR count). The summed E-state index contributed by atoms with van der Waals surface area (Å²) in [6.45, 7) is 5.93. The normalized spacial score (nSPS) is 27.7. The lowest BCUT2D eigenvalue weighted by atomic mass is 10.1. The molecule has 0 aromatic rings. The second-order valence-corrected chi connectivity index (χ2v) is 4.85. The van der Waals surface area contributed by atoms with Gasteiger partial charge in [-0.15, -0.1) is 0 Å². The van der Waals surface area contributed by atoms with Crippen molar-refractivity contribution in [2.24, 2.45) is 0 Å². The minimum absolute atomic E-state index is 0.135. The molecule has 1 aliphatic rings. The highest BCUT2D eigenvalue weighted by molar-refractivity contribution is 5.68. The Morgan fingerprint density at radius 1 is 1.33 bits per heavy atom. The zero-order valence-electron chi connectivity index (χ0n) is 9.43. The molecule has 0 aliphatic carbocycles. The molecule has 0 aromatic heterocycles. The summed E-state index contributed by atoms with van der Waals surface area (Å²) in [6, 6.07) is 0. The van der Waals surface area contributed by atoms with E-state index >= 15 is 0 Å². The van der Waals surface area contributed by atoms with E-state index in [2.05, 4.69) is 0 Å². The number of hydrogen-bond donors (Lipinski definition) is 2. The number of piperidine rings is 1. The van der Waals surface area contributed by atoms with Crippen LogP contribution in [0.5, 0.6) is 0 Å². The Morgan fingerprint density at radius 2 is 1.93 bits per heavy atom. The van der Waals surface area contributed by atoms with E-state index in [1.807, 2.05) is 0 Å². The predicted molar refractivity (Wildman–Crippen MR) is 54.4 cm³/mol. The van der Waals surface area contributed by atoms with E-state index in [0.717, 1.165) is 0 Å². The maximum Gasteiger partial charge on any atom is 0.410 e. The van der Waals surface area contributed by atoms with Gasteiger partial charge in [0.1, 0.15) is 5.60 Å². The van der Waals surface area contributed by atoms with Crippen LogP contribution in [0.3, 0.4) is 0 Å². The van der Waals surface area contributed by atoms with Crippen molar-refractivity contribution in [3.05, 3.63) is 0 Å². The molecular weight excluding hydrogens is 198 g/mol. The van der Waals surface area contributed by atoms with Crippen molar-refractivity contribution in [1.29, 1.82) is 0 Å². The van der Waals surface area contributed by atoms with Crippen molar-refractivity contribution in [2.75, 3.05) is 13.1 Å². The maximum atomic E-state index is 11.6. The summed E-state index contributed by atoms with van der Waals surface area (Å²) in [4.78, 5) is 13.0. The van der Waals surface area contributed by atoms with Crippen LogP contribution < -0.4 is 0 Å². The van der Waals surface area contributed by atoms with Gasteiger partial charge in [-0.25, -0.2) is 4.79 Å². The zero-order valence-corrected chi connectivity index (χ0v) is 9.43. The summed E-state index contributed by atoms with van der Waals surface area (Å²) in [5, 5.41) is 18.7. The smallest absolute Gasteiger partial charge is 0.410 e. The van der Waals surface area contributed by atoms with Crippen molar-refractivity contribution >= 4 is 6.09 Å². The SMILES string of the molecule is CC(C)(C)OC(=O)N1CC[C@@H](O)[C@@H](O)C1. The van der Waals surface area contributed by atoms with Gasteiger partial charge in [-0.2, -0.15) is 0 Å². The van der Waals surface area contributed by atoms with Crippen LogP contribution in [-0.4, -0.2) is 52.1 Å². The lowest BCUT2D eigenvalue weighted by molar-refractivity contribution is -0.0468. The molecule has 2 atom stereocenters. The first-order chi connectivity index (χ1) is 6.79. The predicted octanol–water partition coefficient (Wildman–Crippen LogP) is 0.349. The van der Waals surface area contributed by atoms with Gasteiger partial charge in [-0.05, 0) is 27.2 Å². The Balaban J connectivity index is 2.48. The standard InChI is InChI=1S/C10H19NO4/c1-10(2,3)15-9(14)11-5-4-7(12)8(13)6-11/h7-8,12-13H,4-6H2,1-3H3/t7-,8+/m1/s1. The Labute approximate surface area is 89.6 Å². The fraction of sp³-hybridized carbons (Fsp3) is 0.900. The number of carbonyl (C=O) groups is 1.